The van der Waals surface area contributed by atoms with E-state index in [-0.39, 0.29) is 6.23 Å². The monoisotopic (exact) mass is 478 g/mol. The van der Waals surface area contributed by atoms with Gasteiger partial charge in [0.1, 0.15) is 11.5 Å². The Kier molecular flexibility index (Phi) is 4.17. The molecule has 3 aliphatic rings. The molecule has 0 saturated carbocycles. The van der Waals surface area contributed by atoms with E-state index in [1.54, 1.807) is 0 Å². The van der Waals surface area contributed by atoms with Gasteiger partial charge in [0.15, 0.2) is 0 Å². The minimum absolute atomic E-state index is 0.387. The van der Waals surface area contributed by atoms with Crippen LogP contribution < -0.4 is 10.2 Å². The third kappa shape index (κ3) is 2.75. The van der Waals surface area contributed by atoms with Gasteiger partial charge in [-0.15, -0.1) is 5.10 Å². The van der Waals surface area contributed by atoms with E-state index in [2.05, 4.69) is 95.5 Å². The largest absolute Gasteiger partial charge is 0.457 e. The summed E-state index contributed by atoms with van der Waals surface area (Å²) in [6, 6.07) is 42.2. The van der Waals surface area contributed by atoms with Gasteiger partial charge in [0.05, 0.1) is 5.41 Å². The Labute approximate surface area is 214 Å². The Morgan fingerprint density at radius 1 is 0.595 bits per heavy atom. The van der Waals surface area contributed by atoms with Crippen molar-refractivity contribution in [2.45, 2.75) is 11.6 Å². The van der Waals surface area contributed by atoms with Crippen molar-refractivity contribution in [2.75, 3.05) is 0 Å². The Morgan fingerprint density at radius 2 is 1.22 bits per heavy atom. The van der Waals surface area contributed by atoms with E-state index in [1.165, 1.54) is 22.3 Å². The zero-order valence-electron chi connectivity index (χ0n) is 19.9. The van der Waals surface area contributed by atoms with Gasteiger partial charge >= 0.3 is 0 Å². The molecule has 37 heavy (non-hydrogen) atoms. The molecule has 0 bridgehead atoms. The molecule has 176 valence electrons. The van der Waals surface area contributed by atoms with Crippen LogP contribution in [-0.2, 0) is 10.2 Å². The molecule has 8 rings (SSSR count). The summed E-state index contributed by atoms with van der Waals surface area (Å²) in [6.07, 6.45) is -0.387. The van der Waals surface area contributed by atoms with Gasteiger partial charge < -0.3 is 9.47 Å². The van der Waals surface area contributed by atoms with E-state index in [9.17, 15) is 0 Å². The third-order valence-electron chi connectivity index (χ3n) is 7.71. The number of rotatable bonds is 2. The van der Waals surface area contributed by atoms with Crippen LogP contribution in [0.1, 0.15) is 39.6 Å². The van der Waals surface area contributed by atoms with Crippen molar-refractivity contribution in [3.05, 3.63) is 155 Å². The van der Waals surface area contributed by atoms with Crippen LogP contribution in [-0.4, -0.2) is 5.90 Å². The molecule has 4 nitrogen and oxygen atoms in total. The number of hydrazone groups is 1. The highest BCUT2D eigenvalue weighted by atomic mass is 16.5. The predicted molar refractivity (Wildman–Crippen MR) is 144 cm³/mol. The number of fused-ring (bicyclic) bond motifs is 9. The van der Waals surface area contributed by atoms with E-state index in [4.69, 9.17) is 9.47 Å². The SMILES string of the molecule is c1ccc(C2=NNC(c3ccc4c(c3)C3(c5ccccc5O4)c4ccccc4-c4ccccc43)O2)cc1. The predicted octanol–water partition coefficient (Wildman–Crippen LogP) is 7.14. The molecule has 4 heteroatoms. The molecule has 0 amide bonds. The van der Waals surface area contributed by atoms with Crippen molar-refractivity contribution in [2.24, 2.45) is 5.10 Å². The van der Waals surface area contributed by atoms with Gasteiger partial charge in [0, 0.05) is 22.3 Å². The molecular formula is C33H22N2O2. The Morgan fingerprint density at radius 3 is 1.97 bits per heavy atom. The molecule has 0 radical (unpaired) electrons. The summed E-state index contributed by atoms with van der Waals surface area (Å²) < 4.78 is 12.8. The maximum atomic E-state index is 6.51. The molecule has 0 fully saturated rings. The highest BCUT2D eigenvalue weighted by molar-refractivity contribution is 5.95. The van der Waals surface area contributed by atoms with E-state index in [0.717, 1.165) is 33.8 Å². The lowest BCUT2D eigenvalue weighted by Crippen LogP contribution is -2.32. The lowest BCUT2D eigenvalue weighted by Gasteiger charge is -2.39. The highest BCUT2D eigenvalue weighted by Gasteiger charge is 2.51. The van der Waals surface area contributed by atoms with E-state index < -0.39 is 5.41 Å². The minimum atomic E-state index is -0.491. The van der Waals surface area contributed by atoms with Crippen molar-refractivity contribution in [3.8, 4) is 22.6 Å². The second-order valence-electron chi connectivity index (χ2n) is 9.60. The summed E-state index contributed by atoms with van der Waals surface area (Å²) in [6.45, 7) is 0. The van der Waals surface area contributed by atoms with Crippen LogP contribution in [0.3, 0.4) is 0 Å². The number of hydrogen-bond acceptors (Lipinski definition) is 4. The normalized spacial score (nSPS) is 17.4. The molecule has 1 aliphatic carbocycles. The maximum Gasteiger partial charge on any atom is 0.240 e. The van der Waals surface area contributed by atoms with Gasteiger partial charge in [-0.3, -0.25) is 5.43 Å². The Bertz CT molecular complexity index is 1680. The van der Waals surface area contributed by atoms with E-state index in [0.29, 0.717) is 5.90 Å². The lowest BCUT2D eigenvalue weighted by molar-refractivity contribution is 0.191. The molecule has 1 unspecified atom stereocenters. The van der Waals surface area contributed by atoms with Crippen molar-refractivity contribution in [3.63, 3.8) is 0 Å². The molecule has 5 aromatic rings. The number of benzene rings is 5. The third-order valence-corrected chi connectivity index (χ3v) is 7.71. The molecule has 1 atom stereocenters. The minimum Gasteiger partial charge on any atom is -0.457 e. The molecule has 2 heterocycles. The van der Waals surface area contributed by atoms with Gasteiger partial charge in [-0.05, 0) is 58.7 Å². The van der Waals surface area contributed by atoms with Gasteiger partial charge in [0.2, 0.25) is 12.1 Å². The molecule has 1 spiro atoms. The smallest absolute Gasteiger partial charge is 0.240 e. The van der Waals surface area contributed by atoms with Crippen LogP contribution in [0.2, 0.25) is 0 Å². The van der Waals surface area contributed by atoms with E-state index in [1.807, 2.05) is 36.4 Å². The molecule has 5 aromatic carbocycles. The number of nitrogens with zero attached hydrogens (tertiary/aromatic N) is 1. The number of para-hydroxylation sites is 1. The van der Waals surface area contributed by atoms with Gasteiger partial charge in [-0.1, -0.05) is 84.9 Å². The molecule has 0 aromatic heterocycles. The summed E-state index contributed by atoms with van der Waals surface area (Å²) in [5.41, 5.74) is 12.0. The quantitative estimate of drug-likeness (QED) is 0.287. The van der Waals surface area contributed by atoms with Crippen LogP contribution in [0.4, 0.5) is 0 Å². The van der Waals surface area contributed by atoms with Crippen molar-refractivity contribution < 1.29 is 9.47 Å². The first-order valence-corrected chi connectivity index (χ1v) is 12.5. The van der Waals surface area contributed by atoms with Crippen LogP contribution in [0, 0.1) is 0 Å². The lowest BCUT2D eigenvalue weighted by atomic mass is 9.66. The topological polar surface area (TPSA) is 42.9 Å². The van der Waals surface area contributed by atoms with Crippen molar-refractivity contribution >= 4 is 5.90 Å². The Hall–Kier alpha value is -4.83. The first kappa shape index (κ1) is 20.4. The fraction of sp³-hybridized carbons (Fsp3) is 0.0606. The zero-order valence-corrected chi connectivity index (χ0v) is 19.9. The second kappa shape index (κ2) is 7.58. The molecule has 1 N–H and O–H groups in total. The van der Waals surface area contributed by atoms with Gasteiger partial charge in [-0.2, -0.15) is 0 Å². The van der Waals surface area contributed by atoms with Gasteiger partial charge in [-0.25, -0.2) is 0 Å². The summed E-state index contributed by atoms with van der Waals surface area (Å²) in [5.74, 6) is 2.34. The van der Waals surface area contributed by atoms with Crippen LogP contribution >= 0.6 is 0 Å². The first-order valence-electron chi connectivity index (χ1n) is 12.5. The molecule has 0 saturated heterocycles. The fourth-order valence-electron chi connectivity index (χ4n) is 6.17. The first-order chi connectivity index (χ1) is 18.3. The van der Waals surface area contributed by atoms with Crippen molar-refractivity contribution in [1.29, 1.82) is 0 Å². The average Bonchev–Trinajstić information content (AvgIpc) is 3.57. The second-order valence-corrected chi connectivity index (χ2v) is 9.60. The maximum absolute atomic E-state index is 6.51. The van der Waals surface area contributed by atoms with Crippen LogP contribution in [0.5, 0.6) is 11.5 Å². The molecule has 2 aliphatic heterocycles. The summed E-state index contributed by atoms with van der Waals surface area (Å²) in [4.78, 5) is 0. The number of nitrogens with one attached hydrogen (secondary N) is 1. The highest BCUT2D eigenvalue weighted by Crippen LogP contribution is 2.62. The zero-order chi connectivity index (χ0) is 24.4. The standard InChI is InChI=1S/C33H22N2O2/c1-2-10-21(11-3-1)31-34-35-32(37-31)22-18-19-30-28(20-22)33(27-16-8-9-17-29(27)36-30)25-14-6-4-12-23(25)24-13-5-7-15-26(24)33/h1-20,32,35H. The summed E-state index contributed by atoms with van der Waals surface area (Å²) in [5, 5.41) is 4.49. The fourth-order valence-corrected chi connectivity index (χ4v) is 6.17. The van der Waals surface area contributed by atoms with Crippen LogP contribution in [0.25, 0.3) is 11.1 Å². The Balaban J connectivity index is 1.34. The number of hydrogen-bond donors (Lipinski definition) is 1. The average molecular weight is 479 g/mol. The summed E-state index contributed by atoms with van der Waals surface area (Å²) >= 11 is 0. The number of ether oxygens (including phenoxy) is 2. The van der Waals surface area contributed by atoms with Crippen LogP contribution in [0.15, 0.2) is 126 Å². The summed E-state index contributed by atoms with van der Waals surface area (Å²) in [7, 11) is 0. The van der Waals surface area contributed by atoms with Gasteiger partial charge in [0.25, 0.3) is 0 Å². The van der Waals surface area contributed by atoms with E-state index >= 15 is 0 Å². The van der Waals surface area contributed by atoms with Crippen molar-refractivity contribution in [1.82, 2.24) is 5.43 Å². The molecular weight excluding hydrogens is 456 g/mol.